The number of hydrogen-bond donors (Lipinski definition) is 0. The first kappa shape index (κ1) is 15.9. The number of hydrogen-bond acceptors (Lipinski definition) is 2. The predicted molar refractivity (Wildman–Crippen MR) is 92.7 cm³/mol. The van der Waals surface area contributed by atoms with Gasteiger partial charge in [0.05, 0.1) is 6.54 Å². The van der Waals surface area contributed by atoms with Crippen LogP contribution in [0.5, 0.6) is 0 Å². The Morgan fingerprint density at radius 1 is 1.22 bits per heavy atom. The van der Waals surface area contributed by atoms with Crippen LogP contribution in [0.1, 0.15) is 51.9 Å². The Labute approximate surface area is 138 Å². The molecule has 1 aliphatic rings. The van der Waals surface area contributed by atoms with E-state index in [4.69, 9.17) is 4.74 Å². The molecule has 1 aromatic carbocycles. The summed E-state index contributed by atoms with van der Waals surface area (Å²) in [4.78, 5) is 14.2. The van der Waals surface area contributed by atoms with Crippen molar-refractivity contribution >= 4 is 17.0 Å². The molecule has 124 valence electrons. The van der Waals surface area contributed by atoms with E-state index in [1.165, 1.54) is 22.2 Å². The molecule has 1 aliphatic heterocycles. The van der Waals surface area contributed by atoms with Gasteiger partial charge in [-0.2, -0.15) is 0 Å². The van der Waals surface area contributed by atoms with Crippen molar-refractivity contribution in [2.45, 2.75) is 59.2 Å². The van der Waals surface area contributed by atoms with E-state index in [1.807, 2.05) is 25.7 Å². The normalized spacial score (nSPS) is 15.1. The van der Waals surface area contributed by atoms with Crippen LogP contribution in [-0.2, 0) is 17.7 Å². The average Bonchev–Trinajstić information content (AvgIpc) is 2.79. The SMILES string of the molecule is CC(C)n1c2c(c3ccccc31)CCN(C(=O)OC(C)(C)C)C2. The van der Waals surface area contributed by atoms with Gasteiger partial charge in [-0.25, -0.2) is 4.79 Å². The minimum Gasteiger partial charge on any atom is -0.444 e. The molecule has 4 nitrogen and oxygen atoms in total. The van der Waals surface area contributed by atoms with Gasteiger partial charge >= 0.3 is 6.09 Å². The summed E-state index contributed by atoms with van der Waals surface area (Å²) in [5, 5.41) is 1.32. The van der Waals surface area contributed by atoms with Crippen molar-refractivity contribution in [2.24, 2.45) is 0 Å². The second-order valence-electron chi connectivity index (χ2n) is 7.56. The monoisotopic (exact) mass is 314 g/mol. The molecule has 4 heteroatoms. The molecule has 0 radical (unpaired) electrons. The number of aromatic nitrogens is 1. The van der Waals surface area contributed by atoms with Crippen molar-refractivity contribution in [1.29, 1.82) is 0 Å². The standard InChI is InChI=1S/C19H26N2O2/c1-13(2)21-16-9-7-6-8-14(16)15-10-11-20(12-17(15)21)18(22)23-19(3,4)5/h6-9,13H,10-12H2,1-5H3. The average molecular weight is 314 g/mol. The van der Waals surface area contributed by atoms with Crippen LogP contribution >= 0.6 is 0 Å². The summed E-state index contributed by atoms with van der Waals surface area (Å²) in [5.41, 5.74) is 3.44. The zero-order valence-corrected chi connectivity index (χ0v) is 14.7. The van der Waals surface area contributed by atoms with Gasteiger partial charge in [0.15, 0.2) is 0 Å². The van der Waals surface area contributed by atoms with Crippen LogP contribution in [0.25, 0.3) is 10.9 Å². The molecule has 3 rings (SSSR count). The van der Waals surface area contributed by atoms with Crippen LogP contribution < -0.4 is 0 Å². The van der Waals surface area contributed by atoms with Gasteiger partial charge in [-0.15, -0.1) is 0 Å². The van der Waals surface area contributed by atoms with E-state index in [9.17, 15) is 4.79 Å². The number of benzene rings is 1. The van der Waals surface area contributed by atoms with E-state index >= 15 is 0 Å². The van der Waals surface area contributed by atoms with Crippen molar-refractivity contribution in [3.63, 3.8) is 0 Å². The van der Waals surface area contributed by atoms with Crippen molar-refractivity contribution < 1.29 is 9.53 Å². The highest BCUT2D eigenvalue weighted by Crippen LogP contribution is 2.33. The Hall–Kier alpha value is -1.97. The van der Waals surface area contributed by atoms with Gasteiger partial charge in [0.1, 0.15) is 5.60 Å². The summed E-state index contributed by atoms with van der Waals surface area (Å²) in [6.07, 6.45) is 0.665. The maximum Gasteiger partial charge on any atom is 0.410 e. The van der Waals surface area contributed by atoms with E-state index in [0.29, 0.717) is 19.1 Å². The zero-order chi connectivity index (χ0) is 16.8. The predicted octanol–water partition coefficient (Wildman–Crippen LogP) is 4.52. The Bertz CT molecular complexity index is 738. The van der Waals surface area contributed by atoms with Gasteiger partial charge in [-0.3, -0.25) is 0 Å². The Morgan fingerprint density at radius 2 is 1.91 bits per heavy atom. The van der Waals surface area contributed by atoms with Crippen LogP contribution in [0.3, 0.4) is 0 Å². The first-order valence-corrected chi connectivity index (χ1v) is 8.36. The minimum absolute atomic E-state index is 0.219. The highest BCUT2D eigenvalue weighted by atomic mass is 16.6. The largest absolute Gasteiger partial charge is 0.444 e. The van der Waals surface area contributed by atoms with Crippen molar-refractivity contribution in [3.05, 3.63) is 35.5 Å². The third kappa shape index (κ3) is 2.94. The molecular formula is C19H26N2O2. The van der Waals surface area contributed by atoms with Crippen LogP contribution in [0.15, 0.2) is 24.3 Å². The number of fused-ring (bicyclic) bond motifs is 3. The first-order valence-electron chi connectivity index (χ1n) is 8.36. The van der Waals surface area contributed by atoms with Gasteiger partial charge in [0.2, 0.25) is 0 Å². The molecule has 0 N–H and O–H groups in total. The number of carbonyl (C=O) groups excluding carboxylic acids is 1. The molecule has 0 saturated heterocycles. The van der Waals surface area contributed by atoms with Gasteiger partial charge < -0.3 is 14.2 Å². The second kappa shape index (κ2) is 5.59. The van der Waals surface area contributed by atoms with E-state index in [1.54, 1.807) is 0 Å². The van der Waals surface area contributed by atoms with Crippen molar-refractivity contribution in [3.8, 4) is 0 Å². The third-order valence-electron chi connectivity index (χ3n) is 4.27. The fourth-order valence-electron chi connectivity index (χ4n) is 3.41. The lowest BCUT2D eigenvalue weighted by molar-refractivity contribution is 0.0219. The summed E-state index contributed by atoms with van der Waals surface area (Å²) in [6, 6.07) is 8.90. The number of carbonyl (C=O) groups is 1. The molecule has 2 heterocycles. The topological polar surface area (TPSA) is 34.5 Å². The lowest BCUT2D eigenvalue weighted by Gasteiger charge is -2.31. The Morgan fingerprint density at radius 3 is 2.57 bits per heavy atom. The summed E-state index contributed by atoms with van der Waals surface area (Å²) in [7, 11) is 0. The zero-order valence-electron chi connectivity index (χ0n) is 14.7. The van der Waals surface area contributed by atoms with Crippen LogP contribution in [0, 0.1) is 0 Å². The van der Waals surface area contributed by atoms with Crippen LogP contribution in [0.2, 0.25) is 0 Å². The van der Waals surface area contributed by atoms with Crippen LogP contribution in [0.4, 0.5) is 4.79 Å². The maximum atomic E-state index is 12.4. The van der Waals surface area contributed by atoms with Crippen LogP contribution in [-0.4, -0.2) is 27.7 Å². The van der Waals surface area contributed by atoms with E-state index in [-0.39, 0.29) is 6.09 Å². The molecule has 0 spiro atoms. The molecule has 0 fully saturated rings. The third-order valence-corrected chi connectivity index (χ3v) is 4.27. The summed E-state index contributed by atoms with van der Waals surface area (Å²) in [5.74, 6) is 0. The summed E-state index contributed by atoms with van der Waals surface area (Å²) in [6.45, 7) is 11.4. The molecule has 2 aromatic rings. The molecule has 1 amide bonds. The fraction of sp³-hybridized carbons (Fsp3) is 0.526. The van der Waals surface area contributed by atoms with Crippen molar-refractivity contribution in [1.82, 2.24) is 9.47 Å². The van der Waals surface area contributed by atoms with Gasteiger partial charge in [-0.05, 0) is 52.7 Å². The van der Waals surface area contributed by atoms with Gasteiger partial charge in [0, 0.05) is 29.2 Å². The summed E-state index contributed by atoms with van der Waals surface area (Å²) >= 11 is 0. The minimum atomic E-state index is -0.456. The molecule has 0 bridgehead atoms. The second-order valence-corrected chi connectivity index (χ2v) is 7.56. The molecule has 1 aromatic heterocycles. The molecule has 0 saturated carbocycles. The number of amides is 1. The van der Waals surface area contributed by atoms with E-state index in [2.05, 4.69) is 42.7 Å². The quantitative estimate of drug-likeness (QED) is 0.776. The van der Waals surface area contributed by atoms with Crippen molar-refractivity contribution in [2.75, 3.05) is 6.54 Å². The molecule has 23 heavy (non-hydrogen) atoms. The summed E-state index contributed by atoms with van der Waals surface area (Å²) < 4.78 is 7.91. The smallest absolute Gasteiger partial charge is 0.410 e. The number of rotatable bonds is 1. The number of ether oxygens (including phenoxy) is 1. The Kier molecular flexibility index (Phi) is 3.86. The Balaban J connectivity index is 1.98. The number of para-hydroxylation sites is 1. The highest BCUT2D eigenvalue weighted by Gasteiger charge is 2.29. The maximum absolute atomic E-state index is 12.4. The van der Waals surface area contributed by atoms with E-state index < -0.39 is 5.60 Å². The highest BCUT2D eigenvalue weighted by molar-refractivity contribution is 5.86. The molecule has 0 aliphatic carbocycles. The molecular weight excluding hydrogens is 288 g/mol. The fourth-order valence-corrected chi connectivity index (χ4v) is 3.41. The van der Waals surface area contributed by atoms with E-state index in [0.717, 1.165) is 6.42 Å². The molecule has 0 atom stereocenters. The lowest BCUT2D eigenvalue weighted by Crippen LogP contribution is -2.40. The van der Waals surface area contributed by atoms with Gasteiger partial charge in [-0.1, -0.05) is 18.2 Å². The first-order chi connectivity index (χ1) is 10.8. The van der Waals surface area contributed by atoms with Gasteiger partial charge in [0.25, 0.3) is 0 Å². The number of nitrogens with zero attached hydrogens (tertiary/aromatic N) is 2. The molecule has 0 unspecified atom stereocenters. The lowest BCUT2D eigenvalue weighted by atomic mass is 10.0.